The fourth-order valence-electron chi connectivity index (χ4n) is 1.25. The molecule has 0 radical (unpaired) electrons. The van der Waals surface area contributed by atoms with Crippen LogP contribution in [-0.2, 0) is 0 Å². The normalized spacial score (nSPS) is 11.3. The summed E-state index contributed by atoms with van der Waals surface area (Å²) in [5.74, 6) is 0. The first-order valence-electron chi connectivity index (χ1n) is 4.19. The SMILES string of the molecule is CC(C)On1cc(N)c2ccsc21. The van der Waals surface area contributed by atoms with E-state index in [0.29, 0.717) is 0 Å². The number of anilines is 1. The fraction of sp³-hybridized carbons (Fsp3) is 0.333. The van der Waals surface area contributed by atoms with Crippen molar-refractivity contribution in [2.45, 2.75) is 20.0 Å². The number of fused-ring (bicyclic) bond motifs is 1. The summed E-state index contributed by atoms with van der Waals surface area (Å²) >= 11 is 1.63. The second-order valence-electron chi connectivity index (χ2n) is 3.20. The second kappa shape index (κ2) is 2.96. The van der Waals surface area contributed by atoms with Gasteiger partial charge in [-0.05, 0) is 25.3 Å². The Morgan fingerprint density at radius 1 is 1.54 bits per heavy atom. The molecule has 0 aliphatic carbocycles. The largest absolute Gasteiger partial charge is 0.410 e. The molecule has 0 aliphatic heterocycles. The molecule has 0 atom stereocenters. The lowest BCUT2D eigenvalue weighted by Gasteiger charge is -2.09. The van der Waals surface area contributed by atoms with E-state index in [1.54, 1.807) is 16.1 Å². The van der Waals surface area contributed by atoms with Gasteiger partial charge in [-0.1, -0.05) is 0 Å². The highest BCUT2D eigenvalue weighted by Crippen LogP contribution is 2.27. The van der Waals surface area contributed by atoms with Crippen molar-refractivity contribution in [2.75, 3.05) is 5.73 Å². The Balaban J connectivity index is 2.49. The maximum Gasteiger partial charge on any atom is 0.141 e. The first-order chi connectivity index (χ1) is 6.18. The number of hydrogen-bond donors (Lipinski definition) is 1. The first-order valence-corrected chi connectivity index (χ1v) is 5.07. The van der Waals surface area contributed by atoms with Crippen molar-refractivity contribution in [3.63, 3.8) is 0 Å². The maximum atomic E-state index is 5.80. The van der Waals surface area contributed by atoms with Gasteiger partial charge in [0, 0.05) is 5.39 Å². The van der Waals surface area contributed by atoms with E-state index in [-0.39, 0.29) is 6.10 Å². The smallest absolute Gasteiger partial charge is 0.141 e. The Bertz CT molecular complexity index is 416. The third-order valence-corrected chi connectivity index (χ3v) is 2.63. The standard InChI is InChI=1S/C9H12N2OS/c1-6(2)12-11-5-8(10)7-3-4-13-9(7)11/h3-6H,10H2,1-2H3. The zero-order valence-corrected chi connectivity index (χ0v) is 8.47. The van der Waals surface area contributed by atoms with Gasteiger partial charge in [-0.25, -0.2) is 0 Å². The molecule has 0 bridgehead atoms. The predicted molar refractivity (Wildman–Crippen MR) is 55.9 cm³/mol. The van der Waals surface area contributed by atoms with Crippen LogP contribution < -0.4 is 10.6 Å². The van der Waals surface area contributed by atoms with Crippen LogP contribution in [0.5, 0.6) is 0 Å². The average Bonchev–Trinajstić information content (AvgIpc) is 2.56. The van der Waals surface area contributed by atoms with E-state index in [9.17, 15) is 0 Å². The minimum absolute atomic E-state index is 0.164. The van der Waals surface area contributed by atoms with Crippen molar-refractivity contribution in [1.29, 1.82) is 0 Å². The molecule has 0 amide bonds. The highest BCUT2D eigenvalue weighted by atomic mass is 32.1. The van der Waals surface area contributed by atoms with E-state index < -0.39 is 0 Å². The molecule has 2 N–H and O–H groups in total. The van der Waals surface area contributed by atoms with Gasteiger partial charge in [-0.15, -0.1) is 11.3 Å². The summed E-state index contributed by atoms with van der Waals surface area (Å²) in [6.07, 6.45) is 1.98. The van der Waals surface area contributed by atoms with Crippen LogP contribution >= 0.6 is 11.3 Å². The quantitative estimate of drug-likeness (QED) is 0.799. The summed E-state index contributed by atoms with van der Waals surface area (Å²) in [6, 6.07) is 2.01. The summed E-state index contributed by atoms with van der Waals surface area (Å²) in [5.41, 5.74) is 6.58. The monoisotopic (exact) mass is 196 g/mol. The minimum atomic E-state index is 0.164. The van der Waals surface area contributed by atoms with Crippen LogP contribution in [-0.4, -0.2) is 10.8 Å². The third-order valence-electron chi connectivity index (χ3n) is 1.74. The number of thiophene rings is 1. The van der Waals surface area contributed by atoms with Gasteiger partial charge in [0.05, 0.1) is 11.9 Å². The lowest BCUT2D eigenvalue weighted by molar-refractivity contribution is 0.0697. The van der Waals surface area contributed by atoms with Crippen LogP contribution in [0.25, 0.3) is 10.2 Å². The van der Waals surface area contributed by atoms with Crippen LogP contribution in [0.1, 0.15) is 13.8 Å². The van der Waals surface area contributed by atoms with Crippen molar-refractivity contribution in [3.8, 4) is 0 Å². The molecule has 2 rings (SSSR count). The van der Waals surface area contributed by atoms with Crippen LogP contribution in [0.15, 0.2) is 17.6 Å². The Morgan fingerprint density at radius 3 is 3.00 bits per heavy atom. The highest BCUT2D eigenvalue weighted by molar-refractivity contribution is 7.16. The van der Waals surface area contributed by atoms with E-state index in [0.717, 1.165) is 15.9 Å². The Hall–Kier alpha value is -1.16. The number of hydrogen-bond acceptors (Lipinski definition) is 3. The molecule has 0 unspecified atom stereocenters. The molecule has 4 heteroatoms. The van der Waals surface area contributed by atoms with E-state index in [4.69, 9.17) is 10.6 Å². The zero-order valence-electron chi connectivity index (χ0n) is 7.65. The van der Waals surface area contributed by atoms with Crippen LogP contribution in [0.3, 0.4) is 0 Å². The number of rotatable bonds is 2. The first kappa shape index (κ1) is 8.44. The molecule has 2 heterocycles. The zero-order chi connectivity index (χ0) is 9.42. The van der Waals surface area contributed by atoms with Gasteiger partial charge in [-0.2, -0.15) is 4.73 Å². The van der Waals surface area contributed by atoms with Crippen molar-refractivity contribution >= 4 is 27.2 Å². The Morgan fingerprint density at radius 2 is 2.31 bits per heavy atom. The summed E-state index contributed by atoms with van der Waals surface area (Å²) in [4.78, 5) is 6.63. The topological polar surface area (TPSA) is 40.2 Å². The molecule has 2 aromatic rings. The Kier molecular flexibility index (Phi) is 1.92. The summed E-state index contributed by atoms with van der Waals surface area (Å²) in [7, 11) is 0. The van der Waals surface area contributed by atoms with Crippen molar-refractivity contribution < 1.29 is 4.84 Å². The van der Waals surface area contributed by atoms with E-state index in [2.05, 4.69) is 0 Å². The molecule has 2 aromatic heterocycles. The van der Waals surface area contributed by atoms with Gasteiger partial charge in [0.25, 0.3) is 0 Å². The van der Waals surface area contributed by atoms with Crippen molar-refractivity contribution in [3.05, 3.63) is 17.6 Å². The molecule has 0 saturated heterocycles. The van der Waals surface area contributed by atoms with Gasteiger partial charge < -0.3 is 10.6 Å². The molecule has 70 valence electrons. The van der Waals surface area contributed by atoms with Gasteiger partial charge in [0.1, 0.15) is 10.9 Å². The summed E-state index contributed by atoms with van der Waals surface area (Å²) in [6.45, 7) is 3.99. The fourth-order valence-corrected chi connectivity index (χ4v) is 2.10. The second-order valence-corrected chi connectivity index (χ2v) is 4.10. The molecule has 0 aliphatic rings. The number of nitrogens with zero attached hydrogens (tertiary/aromatic N) is 1. The van der Waals surface area contributed by atoms with Crippen LogP contribution in [0, 0.1) is 0 Å². The molecule has 0 aromatic carbocycles. The van der Waals surface area contributed by atoms with Gasteiger partial charge >= 0.3 is 0 Å². The lowest BCUT2D eigenvalue weighted by atomic mass is 10.4. The molecule has 0 spiro atoms. The van der Waals surface area contributed by atoms with Crippen molar-refractivity contribution in [1.82, 2.24) is 4.73 Å². The van der Waals surface area contributed by atoms with Crippen molar-refractivity contribution in [2.24, 2.45) is 0 Å². The summed E-state index contributed by atoms with van der Waals surface area (Å²) < 4.78 is 1.75. The molecular weight excluding hydrogens is 184 g/mol. The third kappa shape index (κ3) is 1.37. The van der Waals surface area contributed by atoms with E-state index >= 15 is 0 Å². The lowest BCUT2D eigenvalue weighted by Crippen LogP contribution is -2.17. The predicted octanol–water partition coefficient (Wildman–Crippen LogP) is 2.12. The number of aromatic nitrogens is 1. The Labute approximate surface area is 80.7 Å². The van der Waals surface area contributed by atoms with Gasteiger partial charge in [-0.3, -0.25) is 0 Å². The molecule has 3 nitrogen and oxygen atoms in total. The van der Waals surface area contributed by atoms with Crippen LogP contribution in [0.2, 0.25) is 0 Å². The van der Waals surface area contributed by atoms with Gasteiger partial charge in [0.2, 0.25) is 0 Å². The highest BCUT2D eigenvalue weighted by Gasteiger charge is 2.08. The number of nitrogen functional groups attached to an aromatic ring is 1. The van der Waals surface area contributed by atoms with Gasteiger partial charge in [0.15, 0.2) is 0 Å². The molecule has 0 fully saturated rings. The molecule has 0 saturated carbocycles. The maximum absolute atomic E-state index is 5.80. The van der Waals surface area contributed by atoms with Crippen LogP contribution in [0.4, 0.5) is 5.69 Å². The molecule has 13 heavy (non-hydrogen) atoms. The average molecular weight is 196 g/mol. The summed E-state index contributed by atoms with van der Waals surface area (Å²) in [5, 5.41) is 3.09. The number of nitrogens with two attached hydrogens (primary N) is 1. The van der Waals surface area contributed by atoms with E-state index in [1.807, 2.05) is 31.5 Å². The molecular formula is C9H12N2OS. The minimum Gasteiger partial charge on any atom is -0.410 e. The van der Waals surface area contributed by atoms with E-state index in [1.165, 1.54) is 0 Å².